The molecule has 8 heteroatoms. The standard InChI is InChI=1S/C17H19F3N2O3/c1-9(2)22-10(3)13(15(23)25-4)14(21-16(22)24)11-6-5-7-12(8-11)17(18,19)20/h5-9,14H,1-4H3,(H,21,24)/t14-/m0/s1. The number of urea groups is 1. The Balaban J connectivity index is 2.60. The first kappa shape index (κ1) is 18.8. The SMILES string of the molecule is COC(=O)C1=C(C)N(C(C)C)C(=O)N[C@H]1c1cccc(C(F)(F)F)c1. The van der Waals surface area contributed by atoms with E-state index in [1.54, 1.807) is 20.8 Å². The Morgan fingerprint density at radius 2 is 1.96 bits per heavy atom. The third-order valence-corrected chi connectivity index (χ3v) is 4.00. The molecule has 1 aromatic rings. The van der Waals surface area contributed by atoms with Crippen LogP contribution in [0.15, 0.2) is 35.5 Å². The molecule has 0 aliphatic carbocycles. The number of methoxy groups -OCH3 is 1. The molecule has 1 atom stereocenters. The molecule has 0 bridgehead atoms. The van der Waals surface area contributed by atoms with Gasteiger partial charge in [0.2, 0.25) is 0 Å². The number of esters is 1. The predicted octanol–water partition coefficient (Wildman–Crippen LogP) is 3.63. The minimum atomic E-state index is -4.52. The highest BCUT2D eigenvalue weighted by Gasteiger charge is 2.38. The van der Waals surface area contributed by atoms with Gasteiger partial charge in [0.05, 0.1) is 24.3 Å². The van der Waals surface area contributed by atoms with Crippen molar-refractivity contribution in [1.29, 1.82) is 0 Å². The van der Waals surface area contributed by atoms with E-state index in [0.717, 1.165) is 12.1 Å². The number of amides is 2. The first-order chi connectivity index (χ1) is 11.6. The van der Waals surface area contributed by atoms with Crippen LogP contribution in [0.1, 0.15) is 37.9 Å². The monoisotopic (exact) mass is 356 g/mol. The minimum absolute atomic E-state index is 0.107. The number of ether oxygens (including phenoxy) is 1. The van der Waals surface area contributed by atoms with Gasteiger partial charge in [0, 0.05) is 11.7 Å². The molecule has 1 aliphatic heterocycles. The number of nitrogens with one attached hydrogen (secondary N) is 1. The van der Waals surface area contributed by atoms with Crippen molar-refractivity contribution in [3.8, 4) is 0 Å². The molecular formula is C17H19F3N2O3. The van der Waals surface area contributed by atoms with Crippen LogP contribution in [0.2, 0.25) is 0 Å². The Kier molecular flexibility index (Phi) is 5.10. The molecule has 0 aromatic heterocycles. The van der Waals surface area contributed by atoms with Crippen LogP contribution in [0.5, 0.6) is 0 Å². The van der Waals surface area contributed by atoms with Crippen molar-refractivity contribution in [1.82, 2.24) is 10.2 Å². The molecule has 5 nitrogen and oxygen atoms in total. The third kappa shape index (κ3) is 3.62. The van der Waals surface area contributed by atoms with Crippen LogP contribution in [0.4, 0.5) is 18.0 Å². The molecule has 0 radical (unpaired) electrons. The van der Waals surface area contributed by atoms with Gasteiger partial charge in [0.15, 0.2) is 0 Å². The van der Waals surface area contributed by atoms with Crippen LogP contribution in [-0.2, 0) is 15.7 Å². The van der Waals surface area contributed by atoms with Gasteiger partial charge in [-0.3, -0.25) is 4.90 Å². The molecule has 1 N–H and O–H groups in total. The lowest BCUT2D eigenvalue weighted by atomic mass is 9.93. The second kappa shape index (κ2) is 6.78. The number of carbonyl (C=O) groups excluding carboxylic acids is 2. The van der Waals surface area contributed by atoms with E-state index in [1.165, 1.54) is 24.1 Å². The van der Waals surface area contributed by atoms with Crippen LogP contribution in [0.25, 0.3) is 0 Å². The highest BCUT2D eigenvalue weighted by atomic mass is 19.4. The van der Waals surface area contributed by atoms with Crippen molar-refractivity contribution in [2.24, 2.45) is 0 Å². The zero-order chi connectivity index (χ0) is 18.9. The summed E-state index contributed by atoms with van der Waals surface area (Å²) < 4.78 is 43.7. The summed E-state index contributed by atoms with van der Waals surface area (Å²) in [5.41, 5.74) is -0.234. The first-order valence-corrected chi connectivity index (χ1v) is 7.64. The lowest BCUT2D eigenvalue weighted by Gasteiger charge is -2.37. The van der Waals surface area contributed by atoms with Gasteiger partial charge in [0.1, 0.15) is 0 Å². The minimum Gasteiger partial charge on any atom is -0.466 e. The van der Waals surface area contributed by atoms with Gasteiger partial charge in [-0.1, -0.05) is 12.1 Å². The van der Waals surface area contributed by atoms with Crippen LogP contribution >= 0.6 is 0 Å². The summed E-state index contributed by atoms with van der Waals surface area (Å²) in [6.45, 7) is 5.11. The fourth-order valence-corrected chi connectivity index (χ4v) is 2.90. The molecule has 1 heterocycles. The number of alkyl halides is 3. The summed E-state index contributed by atoms with van der Waals surface area (Å²) in [7, 11) is 1.18. The van der Waals surface area contributed by atoms with Gasteiger partial charge in [-0.15, -0.1) is 0 Å². The van der Waals surface area contributed by atoms with Crippen molar-refractivity contribution in [3.63, 3.8) is 0 Å². The van der Waals surface area contributed by atoms with Gasteiger partial charge in [-0.05, 0) is 38.5 Å². The maximum absolute atomic E-state index is 13.0. The number of hydrogen-bond acceptors (Lipinski definition) is 3. The molecule has 136 valence electrons. The quantitative estimate of drug-likeness (QED) is 0.842. The van der Waals surface area contributed by atoms with E-state index in [2.05, 4.69) is 5.32 Å². The summed E-state index contributed by atoms with van der Waals surface area (Å²) in [5, 5.41) is 2.60. The topological polar surface area (TPSA) is 58.6 Å². The maximum Gasteiger partial charge on any atom is 0.416 e. The number of halogens is 3. The van der Waals surface area contributed by atoms with E-state index >= 15 is 0 Å². The normalized spacial score (nSPS) is 18.5. The molecule has 0 saturated carbocycles. The van der Waals surface area contributed by atoms with Crippen molar-refractivity contribution in [2.45, 2.75) is 39.0 Å². The maximum atomic E-state index is 13.0. The summed E-state index contributed by atoms with van der Waals surface area (Å²) in [6, 6.07) is 2.79. The van der Waals surface area contributed by atoms with E-state index < -0.39 is 29.8 Å². The fourth-order valence-electron chi connectivity index (χ4n) is 2.90. The Labute approximate surface area is 143 Å². The van der Waals surface area contributed by atoms with E-state index in [0.29, 0.717) is 5.70 Å². The average molecular weight is 356 g/mol. The number of rotatable bonds is 3. The fraction of sp³-hybridized carbons (Fsp3) is 0.412. The van der Waals surface area contributed by atoms with Crippen molar-refractivity contribution in [3.05, 3.63) is 46.7 Å². The van der Waals surface area contributed by atoms with Gasteiger partial charge in [0.25, 0.3) is 0 Å². The summed E-state index contributed by atoms with van der Waals surface area (Å²) in [4.78, 5) is 26.0. The smallest absolute Gasteiger partial charge is 0.416 e. The largest absolute Gasteiger partial charge is 0.466 e. The molecule has 1 aliphatic rings. The average Bonchev–Trinajstić information content (AvgIpc) is 2.52. The van der Waals surface area contributed by atoms with Crippen molar-refractivity contribution in [2.75, 3.05) is 7.11 Å². The lowest BCUT2D eigenvalue weighted by molar-refractivity contribution is -0.137. The number of hydrogen-bond donors (Lipinski definition) is 1. The first-order valence-electron chi connectivity index (χ1n) is 7.64. The van der Waals surface area contributed by atoms with E-state index in [1.807, 2.05) is 0 Å². The van der Waals surface area contributed by atoms with E-state index in [-0.39, 0.29) is 17.2 Å². The molecular weight excluding hydrogens is 337 g/mol. The van der Waals surface area contributed by atoms with E-state index in [4.69, 9.17) is 4.74 Å². The number of benzene rings is 1. The number of carbonyl (C=O) groups is 2. The molecule has 0 unspecified atom stereocenters. The molecule has 1 aromatic carbocycles. The summed E-state index contributed by atoms with van der Waals surface area (Å²) in [5.74, 6) is -0.703. The van der Waals surface area contributed by atoms with Crippen LogP contribution in [0.3, 0.4) is 0 Å². The Morgan fingerprint density at radius 3 is 2.48 bits per heavy atom. The van der Waals surface area contributed by atoms with Crippen molar-refractivity contribution >= 4 is 12.0 Å². The highest BCUT2D eigenvalue weighted by molar-refractivity contribution is 5.95. The third-order valence-electron chi connectivity index (χ3n) is 4.00. The second-order valence-electron chi connectivity index (χ2n) is 5.96. The van der Waals surface area contributed by atoms with Crippen LogP contribution in [0, 0.1) is 0 Å². The van der Waals surface area contributed by atoms with Crippen LogP contribution in [-0.4, -0.2) is 30.1 Å². The van der Waals surface area contributed by atoms with Gasteiger partial charge in [-0.2, -0.15) is 13.2 Å². The van der Waals surface area contributed by atoms with Crippen LogP contribution < -0.4 is 5.32 Å². The lowest BCUT2D eigenvalue weighted by Crippen LogP contribution is -2.50. The van der Waals surface area contributed by atoms with E-state index in [9.17, 15) is 22.8 Å². The Hall–Kier alpha value is -2.51. The highest BCUT2D eigenvalue weighted by Crippen LogP contribution is 2.35. The molecule has 2 amide bonds. The summed E-state index contributed by atoms with van der Waals surface area (Å²) >= 11 is 0. The molecule has 25 heavy (non-hydrogen) atoms. The molecule has 0 spiro atoms. The zero-order valence-electron chi connectivity index (χ0n) is 14.3. The second-order valence-corrected chi connectivity index (χ2v) is 5.96. The Bertz CT molecular complexity index is 726. The Morgan fingerprint density at radius 1 is 1.32 bits per heavy atom. The summed E-state index contributed by atoms with van der Waals surface area (Å²) in [6.07, 6.45) is -4.52. The van der Waals surface area contributed by atoms with Gasteiger partial charge in [-0.25, -0.2) is 9.59 Å². The number of nitrogens with zero attached hydrogens (tertiary/aromatic N) is 1. The predicted molar refractivity (Wildman–Crippen MR) is 84.4 cm³/mol. The van der Waals surface area contributed by atoms with Gasteiger partial charge < -0.3 is 10.1 Å². The zero-order valence-corrected chi connectivity index (χ0v) is 14.3. The molecule has 0 fully saturated rings. The molecule has 0 saturated heterocycles. The van der Waals surface area contributed by atoms with Gasteiger partial charge >= 0.3 is 18.2 Å². The molecule has 2 rings (SSSR count). The van der Waals surface area contributed by atoms with Crippen molar-refractivity contribution < 1.29 is 27.5 Å². The number of allylic oxidation sites excluding steroid dienone is 1.